The maximum atomic E-state index is 12.4. The number of carbonyl (C=O) groups is 2. The number of ketones is 1. The van der Waals surface area contributed by atoms with Crippen LogP contribution in [0.3, 0.4) is 0 Å². The van der Waals surface area contributed by atoms with Crippen molar-refractivity contribution in [2.45, 2.75) is 40.3 Å². The van der Waals surface area contributed by atoms with Crippen molar-refractivity contribution in [3.8, 4) is 0 Å². The predicted molar refractivity (Wildman–Crippen MR) is 87.9 cm³/mol. The Labute approximate surface area is 136 Å². The highest BCUT2D eigenvalue weighted by Gasteiger charge is 2.17. The van der Waals surface area contributed by atoms with Gasteiger partial charge in [-0.2, -0.15) is 4.68 Å². The van der Waals surface area contributed by atoms with E-state index in [0.717, 1.165) is 16.7 Å². The van der Waals surface area contributed by atoms with Gasteiger partial charge in [0.2, 0.25) is 18.2 Å². The number of nitrogens with zero attached hydrogens (tertiary/aromatic N) is 2. The first-order valence-electron chi connectivity index (χ1n) is 7.89. The van der Waals surface area contributed by atoms with Crippen LogP contribution in [0, 0.1) is 13.8 Å². The Morgan fingerprint density at radius 3 is 2.52 bits per heavy atom. The molecule has 0 radical (unpaired) electrons. The zero-order chi connectivity index (χ0) is 16.8. The number of aromatic nitrogens is 2. The molecular weight excluding hydrogens is 290 g/mol. The molecule has 0 saturated heterocycles. The normalized spacial score (nSPS) is 10.6. The third-order valence-electron chi connectivity index (χ3n) is 3.88. The summed E-state index contributed by atoms with van der Waals surface area (Å²) in [6, 6.07) is 7.90. The first kappa shape index (κ1) is 16.9. The second-order valence-corrected chi connectivity index (χ2v) is 5.73. The van der Waals surface area contributed by atoms with Gasteiger partial charge in [-0.3, -0.25) is 9.59 Å². The number of rotatable bonds is 7. The fraction of sp³-hybridized carbons (Fsp3) is 0.389. The molecule has 1 N–H and O–H groups in total. The van der Waals surface area contributed by atoms with Crippen molar-refractivity contribution in [3.05, 3.63) is 53.3 Å². The molecule has 0 bridgehead atoms. The number of benzene rings is 1. The fourth-order valence-electron chi connectivity index (χ4n) is 2.66. The summed E-state index contributed by atoms with van der Waals surface area (Å²) in [4.78, 5) is 24.1. The van der Waals surface area contributed by atoms with Crippen molar-refractivity contribution in [3.63, 3.8) is 0 Å². The molecule has 2 aromatic rings. The Morgan fingerprint density at radius 1 is 1.17 bits per heavy atom. The van der Waals surface area contributed by atoms with E-state index in [1.54, 1.807) is 9.36 Å². The first-order valence-corrected chi connectivity index (χ1v) is 7.89. The highest BCUT2D eigenvalue weighted by molar-refractivity contribution is 5.80. The maximum Gasteiger partial charge on any atom is 0.245 e. The largest absolute Gasteiger partial charge is 0.355 e. The molecule has 122 valence electrons. The predicted octanol–water partition coefficient (Wildman–Crippen LogP) is 1.34. The van der Waals surface area contributed by atoms with E-state index in [2.05, 4.69) is 5.32 Å². The molecule has 1 amide bonds. The Hall–Kier alpha value is -2.43. The van der Waals surface area contributed by atoms with Gasteiger partial charge in [-0.1, -0.05) is 18.2 Å². The highest BCUT2D eigenvalue weighted by Crippen LogP contribution is 2.14. The zero-order valence-corrected chi connectivity index (χ0v) is 14.0. The molecule has 0 aliphatic heterocycles. The molecule has 5 nitrogen and oxygen atoms in total. The van der Waals surface area contributed by atoms with E-state index in [1.165, 1.54) is 0 Å². The molecule has 0 aliphatic carbocycles. The van der Waals surface area contributed by atoms with Crippen LogP contribution in [0.15, 0.2) is 36.7 Å². The van der Waals surface area contributed by atoms with Crippen LogP contribution < -0.4 is 10.00 Å². The van der Waals surface area contributed by atoms with Gasteiger partial charge >= 0.3 is 0 Å². The van der Waals surface area contributed by atoms with E-state index in [1.807, 2.05) is 57.4 Å². The molecule has 1 aromatic carbocycles. The summed E-state index contributed by atoms with van der Waals surface area (Å²) in [5.74, 6) is 0.0721. The van der Waals surface area contributed by atoms with Gasteiger partial charge in [-0.05, 0) is 37.5 Å². The van der Waals surface area contributed by atoms with E-state index in [0.29, 0.717) is 13.0 Å². The zero-order valence-electron chi connectivity index (χ0n) is 14.0. The summed E-state index contributed by atoms with van der Waals surface area (Å²) >= 11 is 0. The van der Waals surface area contributed by atoms with E-state index in [9.17, 15) is 9.59 Å². The molecule has 0 spiro atoms. The van der Waals surface area contributed by atoms with Gasteiger partial charge in [-0.25, -0.2) is 0 Å². The number of hydrogen-bond acceptors (Lipinski definition) is 2. The second-order valence-electron chi connectivity index (χ2n) is 5.73. The Morgan fingerprint density at radius 2 is 1.87 bits per heavy atom. The lowest BCUT2D eigenvalue weighted by atomic mass is 9.98. The Bertz CT molecular complexity index is 684. The van der Waals surface area contributed by atoms with Gasteiger partial charge in [0.05, 0.1) is 6.20 Å². The number of likely N-dealkylation sites (N-methyl/N-ethyl adjacent to an activating group) is 1. The highest BCUT2D eigenvalue weighted by atomic mass is 16.2. The fourth-order valence-corrected chi connectivity index (χ4v) is 2.66. The van der Waals surface area contributed by atoms with Crippen molar-refractivity contribution in [2.24, 2.45) is 0 Å². The summed E-state index contributed by atoms with van der Waals surface area (Å²) in [5, 5.41) is 2.76. The summed E-state index contributed by atoms with van der Waals surface area (Å²) in [5.41, 5.74) is 3.38. The van der Waals surface area contributed by atoms with E-state index in [4.69, 9.17) is 0 Å². The van der Waals surface area contributed by atoms with Gasteiger partial charge in [0.1, 0.15) is 0 Å². The van der Waals surface area contributed by atoms with Crippen LogP contribution in [0.4, 0.5) is 0 Å². The summed E-state index contributed by atoms with van der Waals surface area (Å²) < 4.78 is 3.54. The lowest BCUT2D eigenvalue weighted by molar-refractivity contribution is -0.763. The lowest BCUT2D eigenvalue weighted by Crippen LogP contribution is -2.48. The number of hydrogen-bond donors (Lipinski definition) is 1. The van der Waals surface area contributed by atoms with E-state index in [-0.39, 0.29) is 24.8 Å². The number of amides is 1. The van der Waals surface area contributed by atoms with Crippen molar-refractivity contribution < 1.29 is 14.3 Å². The average Bonchev–Trinajstić information content (AvgIpc) is 2.90. The summed E-state index contributed by atoms with van der Waals surface area (Å²) in [6.07, 6.45) is 4.04. The van der Waals surface area contributed by atoms with Gasteiger partial charge in [0, 0.05) is 19.0 Å². The van der Waals surface area contributed by atoms with Gasteiger partial charge in [0.15, 0.2) is 12.7 Å². The van der Waals surface area contributed by atoms with Crippen LogP contribution in [0.2, 0.25) is 0 Å². The van der Waals surface area contributed by atoms with Crippen LogP contribution in [-0.2, 0) is 29.1 Å². The number of Topliss-reactive ketones (excluding diaryl/α,β-unsaturated/α-hetero) is 1. The standard InChI is InChI=1S/C18H23N3O2/c1-4-19-18(23)13-21-10-6-9-20(21)12-16(22)11-17-14(2)7-5-8-15(17)3/h5-10H,4,11-13H2,1-3H3/p+1. The molecule has 2 rings (SSSR count). The number of aryl methyl sites for hydroxylation is 2. The minimum Gasteiger partial charge on any atom is -0.355 e. The van der Waals surface area contributed by atoms with Gasteiger partial charge in [-0.15, -0.1) is 4.68 Å². The Balaban J connectivity index is 2.04. The SMILES string of the molecule is CCNC(=O)Cn1ccc[n+]1CC(=O)Cc1c(C)cccc1C. The number of carbonyl (C=O) groups excluding carboxylic acids is 2. The molecule has 1 heterocycles. The molecular formula is C18H24N3O2+. The molecule has 0 saturated carbocycles. The molecule has 0 fully saturated rings. The van der Waals surface area contributed by atoms with E-state index >= 15 is 0 Å². The third-order valence-corrected chi connectivity index (χ3v) is 3.88. The molecule has 5 heteroatoms. The van der Waals surface area contributed by atoms with Crippen LogP contribution in [0.5, 0.6) is 0 Å². The van der Waals surface area contributed by atoms with Crippen LogP contribution in [0.1, 0.15) is 23.6 Å². The molecule has 0 atom stereocenters. The topological polar surface area (TPSA) is 55.0 Å². The first-order chi connectivity index (χ1) is 11.0. The van der Waals surface area contributed by atoms with Crippen molar-refractivity contribution in [1.29, 1.82) is 0 Å². The minimum atomic E-state index is -0.0559. The smallest absolute Gasteiger partial charge is 0.245 e. The quantitative estimate of drug-likeness (QED) is 0.784. The minimum absolute atomic E-state index is 0.0559. The van der Waals surface area contributed by atoms with Crippen LogP contribution >= 0.6 is 0 Å². The van der Waals surface area contributed by atoms with Crippen LogP contribution in [0.25, 0.3) is 0 Å². The Kier molecular flexibility index (Phi) is 5.68. The molecule has 1 aromatic heterocycles. The average molecular weight is 314 g/mol. The molecule has 23 heavy (non-hydrogen) atoms. The monoisotopic (exact) mass is 314 g/mol. The van der Waals surface area contributed by atoms with Gasteiger partial charge < -0.3 is 5.32 Å². The van der Waals surface area contributed by atoms with Crippen molar-refractivity contribution in [1.82, 2.24) is 10.00 Å². The summed E-state index contributed by atoms with van der Waals surface area (Å²) in [7, 11) is 0. The number of nitrogens with one attached hydrogen (secondary N) is 1. The van der Waals surface area contributed by atoms with Crippen LogP contribution in [-0.4, -0.2) is 22.9 Å². The van der Waals surface area contributed by atoms with Gasteiger partial charge in [0.25, 0.3) is 0 Å². The summed E-state index contributed by atoms with van der Waals surface area (Å²) in [6.45, 7) is 7.03. The molecule has 0 aliphatic rings. The maximum absolute atomic E-state index is 12.4. The lowest BCUT2D eigenvalue weighted by Gasteiger charge is -2.08. The van der Waals surface area contributed by atoms with Crippen molar-refractivity contribution in [2.75, 3.05) is 6.54 Å². The van der Waals surface area contributed by atoms with Crippen molar-refractivity contribution >= 4 is 11.7 Å². The third kappa shape index (κ3) is 4.52. The second kappa shape index (κ2) is 7.72. The molecule has 0 unspecified atom stereocenters. The van der Waals surface area contributed by atoms with E-state index < -0.39 is 0 Å².